The van der Waals surface area contributed by atoms with Crippen LogP contribution in [0.4, 0.5) is 23.1 Å². The number of hydrogen-bond acceptors (Lipinski definition) is 5. The van der Waals surface area contributed by atoms with E-state index in [0.29, 0.717) is 11.8 Å². The maximum absolute atomic E-state index is 4.44. The highest BCUT2D eigenvalue weighted by Crippen LogP contribution is 2.22. The fourth-order valence-corrected chi connectivity index (χ4v) is 2.39. The zero-order valence-corrected chi connectivity index (χ0v) is 14.4. The van der Waals surface area contributed by atoms with Gasteiger partial charge in [0.05, 0.1) is 6.20 Å². The second-order valence-corrected chi connectivity index (χ2v) is 6.10. The molecule has 3 rings (SSSR count). The van der Waals surface area contributed by atoms with Gasteiger partial charge in [-0.1, -0.05) is 28.1 Å². The predicted molar refractivity (Wildman–Crippen MR) is 96.5 cm³/mol. The lowest BCUT2D eigenvalue weighted by Crippen LogP contribution is -2.02. The fourth-order valence-electron chi connectivity index (χ4n) is 2.14. The molecule has 0 unspecified atom stereocenters. The zero-order valence-electron chi connectivity index (χ0n) is 12.8. The summed E-state index contributed by atoms with van der Waals surface area (Å²) in [6.07, 6.45) is 1.60. The second-order valence-electron chi connectivity index (χ2n) is 5.25. The third-order valence-corrected chi connectivity index (χ3v) is 4.15. The van der Waals surface area contributed by atoms with Gasteiger partial charge in [-0.25, -0.2) is 0 Å². The number of aromatic nitrogens is 3. The summed E-state index contributed by atoms with van der Waals surface area (Å²) in [6, 6.07) is 14.0. The maximum Gasteiger partial charge on any atom is 0.249 e. The van der Waals surface area contributed by atoms with Crippen molar-refractivity contribution in [3.8, 4) is 0 Å². The largest absolute Gasteiger partial charge is 0.339 e. The summed E-state index contributed by atoms with van der Waals surface area (Å²) in [7, 11) is 0. The molecule has 6 heteroatoms. The average Bonchev–Trinajstić information content (AvgIpc) is 2.51. The lowest BCUT2D eigenvalue weighted by Gasteiger charge is -2.09. The maximum atomic E-state index is 4.44. The van der Waals surface area contributed by atoms with Crippen molar-refractivity contribution in [1.82, 2.24) is 15.2 Å². The van der Waals surface area contributed by atoms with Gasteiger partial charge in [-0.2, -0.15) is 10.1 Å². The summed E-state index contributed by atoms with van der Waals surface area (Å²) >= 11 is 3.49. The van der Waals surface area contributed by atoms with Crippen LogP contribution >= 0.6 is 15.9 Å². The first-order chi connectivity index (χ1) is 11.1. The fraction of sp³-hybridized carbons (Fsp3) is 0.118. The molecular weight excluding hydrogens is 354 g/mol. The van der Waals surface area contributed by atoms with Crippen molar-refractivity contribution in [3.63, 3.8) is 0 Å². The van der Waals surface area contributed by atoms with Gasteiger partial charge in [-0.05, 0) is 55.3 Å². The molecule has 0 aliphatic rings. The third-order valence-electron chi connectivity index (χ3n) is 3.26. The number of benzene rings is 2. The minimum Gasteiger partial charge on any atom is -0.339 e. The van der Waals surface area contributed by atoms with Crippen molar-refractivity contribution in [2.45, 2.75) is 13.8 Å². The molecule has 0 spiro atoms. The normalized spacial score (nSPS) is 10.4. The molecule has 5 nitrogen and oxygen atoms in total. The zero-order chi connectivity index (χ0) is 16.2. The molecule has 2 N–H and O–H groups in total. The minimum absolute atomic E-state index is 0.453. The van der Waals surface area contributed by atoms with Gasteiger partial charge in [0.25, 0.3) is 0 Å². The molecule has 0 aliphatic heterocycles. The molecule has 0 bridgehead atoms. The Bertz CT molecular complexity index is 835. The van der Waals surface area contributed by atoms with Gasteiger partial charge in [0.1, 0.15) is 0 Å². The van der Waals surface area contributed by atoms with Gasteiger partial charge >= 0.3 is 0 Å². The van der Waals surface area contributed by atoms with Crippen LogP contribution in [0.25, 0.3) is 0 Å². The second kappa shape index (κ2) is 6.75. The number of hydrogen-bond donors (Lipinski definition) is 2. The van der Waals surface area contributed by atoms with E-state index in [1.54, 1.807) is 6.20 Å². The number of anilines is 4. The molecule has 23 heavy (non-hydrogen) atoms. The van der Waals surface area contributed by atoms with Crippen molar-refractivity contribution in [3.05, 3.63) is 64.3 Å². The molecular formula is C17H16BrN5. The first kappa shape index (κ1) is 15.4. The van der Waals surface area contributed by atoms with Crippen molar-refractivity contribution in [1.29, 1.82) is 0 Å². The lowest BCUT2D eigenvalue weighted by atomic mass is 10.2. The molecule has 0 atom stereocenters. The third kappa shape index (κ3) is 4.04. The molecule has 1 heterocycles. The predicted octanol–water partition coefficient (Wildman–Crippen LogP) is 4.74. The summed E-state index contributed by atoms with van der Waals surface area (Å²) in [6.45, 7) is 4.08. The summed E-state index contributed by atoms with van der Waals surface area (Å²) in [4.78, 5) is 4.44. The van der Waals surface area contributed by atoms with Crippen molar-refractivity contribution >= 4 is 39.1 Å². The van der Waals surface area contributed by atoms with E-state index in [1.807, 2.05) is 56.3 Å². The van der Waals surface area contributed by atoms with Crippen LogP contribution < -0.4 is 10.6 Å². The van der Waals surface area contributed by atoms with E-state index in [-0.39, 0.29) is 0 Å². The molecule has 0 aliphatic carbocycles. The van der Waals surface area contributed by atoms with Crippen LogP contribution in [-0.4, -0.2) is 15.2 Å². The Kier molecular flexibility index (Phi) is 4.52. The topological polar surface area (TPSA) is 62.7 Å². The van der Waals surface area contributed by atoms with Crippen molar-refractivity contribution in [2.24, 2.45) is 0 Å². The van der Waals surface area contributed by atoms with Gasteiger partial charge in [-0.3, -0.25) is 0 Å². The summed E-state index contributed by atoms with van der Waals surface area (Å²) in [5.41, 5.74) is 4.20. The number of halogens is 1. The quantitative estimate of drug-likeness (QED) is 0.695. The van der Waals surface area contributed by atoms with Crippen LogP contribution in [0.5, 0.6) is 0 Å². The summed E-state index contributed by atoms with van der Waals surface area (Å²) in [5, 5.41) is 14.4. The van der Waals surface area contributed by atoms with E-state index in [9.17, 15) is 0 Å². The van der Waals surface area contributed by atoms with Crippen LogP contribution in [-0.2, 0) is 0 Å². The molecule has 1 aromatic heterocycles. The van der Waals surface area contributed by atoms with Crippen LogP contribution in [0.15, 0.2) is 53.1 Å². The Hall–Kier alpha value is -2.47. The number of nitrogens with one attached hydrogen (secondary N) is 2. The Balaban J connectivity index is 1.78. The van der Waals surface area contributed by atoms with Crippen LogP contribution in [0.2, 0.25) is 0 Å². The van der Waals surface area contributed by atoms with E-state index in [1.165, 1.54) is 5.56 Å². The number of rotatable bonds is 4. The van der Waals surface area contributed by atoms with Crippen LogP contribution in [0, 0.1) is 13.8 Å². The molecule has 2 aromatic carbocycles. The summed E-state index contributed by atoms with van der Waals surface area (Å²) < 4.78 is 1.07. The molecule has 3 aromatic rings. The SMILES string of the molecule is Cc1cccc(Nc2nncc(Nc3ccc(Br)c(C)c3)n2)c1. The monoisotopic (exact) mass is 369 g/mol. The first-order valence-corrected chi connectivity index (χ1v) is 7.96. The molecule has 0 amide bonds. The Morgan fingerprint density at radius 1 is 0.957 bits per heavy atom. The van der Waals surface area contributed by atoms with E-state index < -0.39 is 0 Å². The van der Waals surface area contributed by atoms with Crippen molar-refractivity contribution < 1.29 is 0 Å². The standard InChI is InChI=1S/C17H16BrN5/c1-11-4-3-5-13(8-11)21-17-22-16(10-19-23-17)20-14-6-7-15(18)12(2)9-14/h3-10H,1-2H3,(H2,20,21,22,23). The highest BCUT2D eigenvalue weighted by atomic mass is 79.9. The number of aryl methyl sites for hydroxylation is 2. The molecule has 0 radical (unpaired) electrons. The Labute approximate surface area is 143 Å². The highest BCUT2D eigenvalue weighted by molar-refractivity contribution is 9.10. The molecule has 116 valence electrons. The van der Waals surface area contributed by atoms with Crippen molar-refractivity contribution in [2.75, 3.05) is 10.6 Å². The van der Waals surface area contributed by atoms with Gasteiger partial charge < -0.3 is 10.6 Å². The summed E-state index contributed by atoms with van der Waals surface area (Å²) in [5.74, 6) is 1.09. The minimum atomic E-state index is 0.453. The highest BCUT2D eigenvalue weighted by Gasteiger charge is 2.03. The molecule has 0 fully saturated rings. The smallest absolute Gasteiger partial charge is 0.249 e. The van der Waals surface area contributed by atoms with Gasteiger partial charge in [0.2, 0.25) is 5.95 Å². The van der Waals surface area contributed by atoms with Gasteiger partial charge in [0.15, 0.2) is 5.82 Å². The van der Waals surface area contributed by atoms with E-state index in [4.69, 9.17) is 0 Å². The average molecular weight is 370 g/mol. The van der Waals surface area contributed by atoms with E-state index >= 15 is 0 Å². The first-order valence-electron chi connectivity index (χ1n) is 7.17. The lowest BCUT2D eigenvalue weighted by molar-refractivity contribution is 0.982. The Morgan fingerprint density at radius 2 is 1.78 bits per heavy atom. The van der Waals surface area contributed by atoms with Gasteiger partial charge in [0, 0.05) is 15.8 Å². The van der Waals surface area contributed by atoms with E-state index in [2.05, 4.69) is 41.7 Å². The Morgan fingerprint density at radius 3 is 2.57 bits per heavy atom. The van der Waals surface area contributed by atoms with Crippen LogP contribution in [0.1, 0.15) is 11.1 Å². The van der Waals surface area contributed by atoms with Gasteiger partial charge in [-0.15, -0.1) is 5.10 Å². The van der Waals surface area contributed by atoms with E-state index in [0.717, 1.165) is 21.4 Å². The number of nitrogens with zero attached hydrogens (tertiary/aromatic N) is 3. The molecule has 0 saturated carbocycles. The van der Waals surface area contributed by atoms with Crippen LogP contribution in [0.3, 0.4) is 0 Å². The molecule has 0 saturated heterocycles.